The largest absolute Gasteiger partial charge is 0.497 e. The number of fused-ring (bicyclic) bond motifs is 1. The molecule has 9 heteroatoms. The van der Waals surface area contributed by atoms with Crippen LogP contribution in [0.4, 0.5) is 5.13 Å². The number of benzene rings is 2. The molecule has 2 aromatic carbocycles. The third-order valence-corrected chi connectivity index (χ3v) is 6.39. The van der Waals surface area contributed by atoms with Crippen LogP contribution in [-0.4, -0.2) is 68.9 Å². The number of nitrogens with zero attached hydrogens (tertiary/aromatic N) is 3. The average molecular weight is 462 g/mol. The Labute approximate surface area is 190 Å². The van der Waals surface area contributed by atoms with Crippen LogP contribution in [0.5, 0.6) is 11.5 Å². The van der Waals surface area contributed by atoms with E-state index in [0.717, 1.165) is 24.3 Å². The van der Waals surface area contributed by atoms with Gasteiger partial charge in [0.05, 0.1) is 30.0 Å². The second-order valence-corrected chi connectivity index (χ2v) is 8.47. The molecule has 0 unspecified atom stereocenters. The summed E-state index contributed by atoms with van der Waals surface area (Å²) < 4.78 is 17.3. The van der Waals surface area contributed by atoms with Gasteiger partial charge in [-0.1, -0.05) is 35.1 Å². The molecule has 0 bridgehead atoms. The van der Waals surface area contributed by atoms with Gasteiger partial charge in [0.25, 0.3) is 5.91 Å². The predicted octanol–water partition coefficient (Wildman–Crippen LogP) is 3.70. The average Bonchev–Trinajstić information content (AvgIpc) is 3.24. The molecule has 1 aliphatic heterocycles. The summed E-state index contributed by atoms with van der Waals surface area (Å²) in [6.07, 6.45) is 0. The van der Waals surface area contributed by atoms with Crippen LogP contribution < -0.4 is 14.4 Å². The van der Waals surface area contributed by atoms with E-state index in [0.29, 0.717) is 46.9 Å². The number of thiazole rings is 1. The minimum atomic E-state index is -0.161. The number of carbonyl (C=O) groups is 1. The summed E-state index contributed by atoms with van der Waals surface area (Å²) >= 11 is 7.76. The van der Waals surface area contributed by atoms with Gasteiger partial charge in [0.2, 0.25) is 0 Å². The van der Waals surface area contributed by atoms with Crippen molar-refractivity contribution < 1.29 is 19.0 Å². The molecule has 0 aliphatic carbocycles. The van der Waals surface area contributed by atoms with Gasteiger partial charge in [-0.25, -0.2) is 4.98 Å². The molecule has 0 spiro atoms. The molecule has 3 aromatic rings. The lowest BCUT2D eigenvalue weighted by molar-refractivity contribution is -0.120. The third-order valence-electron chi connectivity index (χ3n) is 5.04. The SMILES string of the molecule is COc1cccc(OCC(=O)N(CCN2CCOCC2)c2nc3c(Cl)cccc3s2)c1. The highest BCUT2D eigenvalue weighted by atomic mass is 35.5. The zero-order valence-corrected chi connectivity index (χ0v) is 18.8. The van der Waals surface area contributed by atoms with Gasteiger partial charge in [0.15, 0.2) is 11.7 Å². The highest BCUT2D eigenvalue weighted by Crippen LogP contribution is 2.33. The highest BCUT2D eigenvalue weighted by Gasteiger charge is 2.22. The summed E-state index contributed by atoms with van der Waals surface area (Å²) in [6.45, 7) is 4.28. The first kappa shape index (κ1) is 21.8. The summed E-state index contributed by atoms with van der Waals surface area (Å²) in [4.78, 5) is 21.8. The maximum Gasteiger partial charge on any atom is 0.266 e. The van der Waals surface area contributed by atoms with E-state index in [2.05, 4.69) is 9.88 Å². The summed E-state index contributed by atoms with van der Waals surface area (Å²) in [7, 11) is 1.59. The van der Waals surface area contributed by atoms with Crippen LogP contribution in [0, 0.1) is 0 Å². The Kier molecular flexibility index (Phi) is 7.24. The van der Waals surface area contributed by atoms with Gasteiger partial charge in [-0.15, -0.1) is 0 Å². The van der Waals surface area contributed by atoms with Crippen LogP contribution in [0.25, 0.3) is 10.2 Å². The lowest BCUT2D eigenvalue weighted by Crippen LogP contribution is -2.44. The van der Waals surface area contributed by atoms with Crippen molar-refractivity contribution >= 4 is 44.2 Å². The van der Waals surface area contributed by atoms with E-state index in [4.69, 9.17) is 25.8 Å². The standard InChI is InChI=1S/C22H24ClN3O4S/c1-28-16-4-2-5-17(14-16)30-15-20(27)26(9-8-25-10-12-29-13-11-25)22-24-21-18(23)6-3-7-19(21)31-22/h2-7,14H,8-13,15H2,1H3. The number of ether oxygens (including phenoxy) is 3. The van der Waals surface area contributed by atoms with Crippen molar-refractivity contribution in [1.29, 1.82) is 0 Å². The second-order valence-electron chi connectivity index (χ2n) is 7.05. The molecule has 164 valence electrons. The zero-order valence-electron chi connectivity index (χ0n) is 17.3. The molecule has 1 amide bonds. The molecule has 1 fully saturated rings. The monoisotopic (exact) mass is 461 g/mol. The van der Waals surface area contributed by atoms with Gasteiger partial charge in [0.1, 0.15) is 17.0 Å². The molecule has 1 saturated heterocycles. The molecule has 31 heavy (non-hydrogen) atoms. The highest BCUT2D eigenvalue weighted by molar-refractivity contribution is 7.22. The number of hydrogen-bond acceptors (Lipinski definition) is 7. The molecule has 1 aliphatic rings. The first-order valence-electron chi connectivity index (χ1n) is 10.1. The zero-order chi connectivity index (χ0) is 21.6. The molecule has 4 rings (SSSR count). The summed E-state index contributed by atoms with van der Waals surface area (Å²) in [5.41, 5.74) is 0.710. The first-order chi connectivity index (χ1) is 15.1. The number of amides is 1. The minimum absolute atomic E-state index is 0.0973. The number of hydrogen-bond donors (Lipinski definition) is 0. The number of aromatic nitrogens is 1. The van der Waals surface area contributed by atoms with Crippen LogP contribution in [0.2, 0.25) is 5.02 Å². The first-order valence-corrected chi connectivity index (χ1v) is 11.3. The fourth-order valence-electron chi connectivity index (χ4n) is 3.33. The van der Waals surface area contributed by atoms with Crippen LogP contribution in [0.3, 0.4) is 0 Å². The third kappa shape index (κ3) is 5.46. The van der Waals surface area contributed by atoms with E-state index in [-0.39, 0.29) is 12.5 Å². The van der Waals surface area contributed by atoms with Crippen molar-refractivity contribution in [2.75, 3.05) is 58.0 Å². The molecular weight excluding hydrogens is 438 g/mol. The van der Waals surface area contributed by atoms with Crippen molar-refractivity contribution in [3.05, 3.63) is 47.5 Å². The molecule has 0 N–H and O–H groups in total. The van der Waals surface area contributed by atoms with Crippen molar-refractivity contribution in [2.24, 2.45) is 0 Å². The Bertz CT molecular complexity index is 1040. The number of halogens is 1. The number of morpholine rings is 1. The molecule has 0 radical (unpaired) electrons. The van der Waals surface area contributed by atoms with Gasteiger partial charge < -0.3 is 14.2 Å². The van der Waals surface area contributed by atoms with Gasteiger partial charge in [-0.3, -0.25) is 14.6 Å². The maximum absolute atomic E-state index is 13.2. The maximum atomic E-state index is 13.2. The summed E-state index contributed by atoms with van der Waals surface area (Å²) in [6, 6.07) is 12.9. The molecule has 1 aromatic heterocycles. The lowest BCUT2D eigenvalue weighted by Gasteiger charge is -2.29. The fourth-order valence-corrected chi connectivity index (χ4v) is 4.63. The van der Waals surface area contributed by atoms with Crippen LogP contribution in [-0.2, 0) is 9.53 Å². The Morgan fingerprint density at radius 2 is 2.00 bits per heavy atom. The van der Waals surface area contributed by atoms with Crippen LogP contribution in [0.15, 0.2) is 42.5 Å². The smallest absolute Gasteiger partial charge is 0.266 e. The minimum Gasteiger partial charge on any atom is -0.497 e. The van der Waals surface area contributed by atoms with E-state index in [1.807, 2.05) is 24.3 Å². The Morgan fingerprint density at radius 1 is 1.23 bits per heavy atom. The number of para-hydroxylation sites is 1. The molecule has 2 heterocycles. The van der Waals surface area contributed by atoms with Gasteiger partial charge >= 0.3 is 0 Å². The molecule has 0 saturated carbocycles. The van der Waals surface area contributed by atoms with Crippen molar-refractivity contribution in [3.63, 3.8) is 0 Å². The van der Waals surface area contributed by atoms with Crippen LogP contribution >= 0.6 is 22.9 Å². The Morgan fingerprint density at radius 3 is 2.77 bits per heavy atom. The number of rotatable bonds is 8. The summed E-state index contributed by atoms with van der Waals surface area (Å²) in [5.74, 6) is 1.09. The topological polar surface area (TPSA) is 64.1 Å². The number of anilines is 1. The van der Waals surface area contributed by atoms with Gasteiger partial charge in [-0.05, 0) is 24.3 Å². The summed E-state index contributed by atoms with van der Waals surface area (Å²) in [5, 5.41) is 1.20. The van der Waals surface area contributed by atoms with Crippen LogP contribution in [0.1, 0.15) is 0 Å². The Hall–Kier alpha value is -2.39. The Balaban J connectivity index is 1.51. The lowest BCUT2D eigenvalue weighted by atomic mass is 10.3. The molecule has 7 nitrogen and oxygen atoms in total. The van der Waals surface area contributed by atoms with Crippen molar-refractivity contribution in [3.8, 4) is 11.5 Å². The van der Waals surface area contributed by atoms with E-state index in [1.165, 1.54) is 11.3 Å². The fraction of sp³-hybridized carbons (Fsp3) is 0.364. The van der Waals surface area contributed by atoms with E-state index in [9.17, 15) is 4.79 Å². The van der Waals surface area contributed by atoms with Gasteiger partial charge in [-0.2, -0.15) is 0 Å². The normalized spacial score (nSPS) is 14.5. The molecule has 0 atom stereocenters. The van der Waals surface area contributed by atoms with E-state index in [1.54, 1.807) is 30.2 Å². The van der Waals surface area contributed by atoms with Crippen molar-refractivity contribution in [1.82, 2.24) is 9.88 Å². The predicted molar refractivity (Wildman–Crippen MR) is 123 cm³/mol. The van der Waals surface area contributed by atoms with E-state index >= 15 is 0 Å². The van der Waals surface area contributed by atoms with E-state index < -0.39 is 0 Å². The number of carbonyl (C=O) groups excluding carboxylic acids is 1. The second kappa shape index (κ2) is 10.3. The quantitative estimate of drug-likeness (QED) is 0.509. The number of methoxy groups -OCH3 is 1. The molecular formula is C22H24ClN3O4S. The van der Waals surface area contributed by atoms with Crippen molar-refractivity contribution in [2.45, 2.75) is 0 Å². The van der Waals surface area contributed by atoms with Gasteiger partial charge in [0, 0.05) is 32.2 Å².